The SMILES string of the molecule is Cc1cccc(C)c1NC(=O)c1ccccc1CCc1ccccc1. The van der Waals surface area contributed by atoms with Crippen LogP contribution in [0, 0.1) is 13.8 Å². The number of para-hydroxylation sites is 1. The van der Waals surface area contributed by atoms with Crippen LogP contribution < -0.4 is 5.32 Å². The molecule has 0 fully saturated rings. The normalized spacial score (nSPS) is 10.5. The Labute approximate surface area is 149 Å². The number of aryl methyl sites for hydroxylation is 4. The zero-order valence-electron chi connectivity index (χ0n) is 14.8. The third-order valence-electron chi connectivity index (χ3n) is 4.51. The first-order valence-electron chi connectivity index (χ1n) is 8.64. The lowest BCUT2D eigenvalue weighted by Crippen LogP contribution is -2.16. The molecular weight excluding hydrogens is 306 g/mol. The van der Waals surface area contributed by atoms with Crippen LogP contribution in [0.2, 0.25) is 0 Å². The van der Waals surface area contributed by atoms with E-state index in [-0.39, 0.29) is 5.91 Å². The van der Waals surface area contributed by atoms with Gasteiger partial charge in [-0.1, -0.05) is 66.7 Å². The van der Waals surface area contributed by atoms with Gasteiger partial charge < -0.3 is 5.32 Å². The Bertz CT molecular complexity index is 848. The highest BCUT2D eigenvalue weighted by Gasteiger charge is 2.13. The zero-order valence-corrected chi connectivity index (χ0v) is 14.8. The summed E-state index contributed by atoms with van der Waals surface area (Å²) in [6, 6.07) is 24.3. The zero-order chi connectivity index (χ0) is 17.6. The maximum atomic E-state index is 12.8. The van der Waals surface area contributed by atoms with E-state index in [1.165, 1.54) is 5.56 Å². The third kappa shape index (κ3) is 4.16. The lowest BCUT2D eigenvalue weighted by atomic mass is 9.99. The summed E-state index contributed by atoms with van der Waals surface area (Å²) in [5.74, 6) is -0.0407. The number of hydrogen-bond donors (Lipinski definition) is 1. The van der Waals surface area contributed by atoms with Gasteiger partial charge in [0.05, 0.1) is 0 Å². The van der Waals surface area contributed by atoms with Gasteiger partial charge in [0, 0.05) is 11.3 Å². The minimum Gasteiger partial charge on any atom is -0.321 e. The molecule has 1 N–H and O–H groups in total. The summed E-state index contributed by atoms with van der Waals surface area (Å²) in [6.45, 7) is 4.04. The smallest absolute Gasteiger partial charge is 0.255 e. The number of benzene rings is 3. The second-order valence-corrected chi connectivity index (χ2v) is 6.36. The van der Waals surface area contributed by atoms with Crippen LogP contribution in [-0.4, -0.2) is 5.91 Å². The topological polar surface area (TPSA) is 29.1 Å². The highest BCUT2D eigenvalue weighted by atomic mass is 16.1. The van der Waals surface area contributed by atoms with Crippen LogP contribution in [0.4, 0.5) is 5.69 Å². The largest absolute Gasteiger partial charge is 0.321 e. The standard InChI is InChI=1S/C23H23NO/c1-17-9-8-10-18(2)22(17)24-23(25)21-14-7-6-13-20(21)16-15-19-11-4-3-5-12-19/h3-14H,15-16H2,1-2H3,(H,24,25). The Kier molecular flexibility index (Phi) is 5.30. The maximum absolute atomic E-state index is 12.8. The van der Waals surface area contributed by atoms with E-state index in [2.05, 4.69) is 29.6 Å². The van der Waals surface area contributed by atoms with Crippen molar-refractivity contribution < 1.29 is 4.79 Å². The Morgan fingerprint density at radius 2 is 1.40 bits per heavy atom. The van der Waals surface area contributed by atoms with Crippen LogP contribution in [0.3, 0.4) is 0 Å². The fourth-order valence-corrected chi connectivity index (χ4v) is 3.08. The van der Waals surface area contributed by atoms with E-state index in [1.807, 2.05) is 62.4 Å². The van der Waals surface area contributed by atoms with Gasteiger partial charge in [-0.15, -0.1) is 0 Å². The Morgan fingerprint density at radius 3 is 2.12 bits per heavy atom. The first-order valence-corrected chi connectivity index (χ1v) is 8.64. The number of anilines is 1. The van der Waals surface area contributed by atoms with E-state index in [0.717, 1.165) is 40.8 Å². The number of hydrogen-bond acceptors (Lipinski definition) is 1. The van der Waals surface area contributed by atoms with Gasteiger partial charge in [-0.25, -0.2) is 0 Å². The van der Waals surface area contributed by atoms with Crippen LogP contribution >= 0.6 is 0 Å². The summed E-state index contributed by atoms with van der Waals surface area (Å²) in [4.78, 5) is 12.8. The molecule has 3 aromatic rings. The Balaban J connectivity index is 1.79. The molecule has 0 unspecified atom stereocenters. The van der Waals surface area contributed by atoms with E-state index in [4.69, 9.17) is 0 Å². The molecule has 0 aliphatic heterocycles. The molecule has 0 aliphatic rings. The minimum atomic E-state index is -0.0407. The summed E-state index contributed by atoms with van der Waals surface area (Å²) in [6.07, 6.45) is 1.77. The molecule has 0 spiro atoms. The molecule has 3 aromatic carbocycles. The Morgan fingerprint density at radius 1 is 0.760 bits per heavy atom. The number of nitrogens with one attached hydrogen (secondary N) is 1. The molecule has 0 radical (unpaired) electrons. The molecule has 2 nitrogen and oxygen atoms in total. The predicted molar refractivity (Wildman–Crippen MR) is 104 cm³/mol. The van der Waals surface area contributed by atoms with Gasteiger partial charge in [0.25, 0.3) is 5.91 Å². The van der Waals surface area contributed by atoms with E-state index >= 15 is 0 Å². The highest BCUT2D eigenvalue weighted by molar-refractivity contribution is 6.06. The van der Waals surface area contributed by atoms with Crippen LogP contribution in [0.25, 0.3) is 0 Å². The van der Waals surface area contributed by atoms with Crippen molar-refractivity contribution in [1.29, 1.82) is 0 Å². The molecule has 0 saturated heterocycles. The molecule has 0 bridgehead atoms. The average Bonchev–Trinajstić information content (AvgIpc) is 2.64. The first-order chi connectivity index (χ1) is 12.1. The molecule has 1 amide bonds. The van der Waals surface area contributed by atoms with E-state index in [1.54, 1.807) is 0 Å². The number of carbonyl (C=O) groups excluding carboxylic acids is 1. The summed E-state index contributed by atoms with van der Waals surface area (Å²) < 4.78 is 0. The average molecular weight is 329 g/mol. The van der Waals surface area contributed by atoms with Gasteiger partial charge in [0.15, 0.2) is 0 Å². The van der Waals surface area contributed by atoms with Crippen molar-refractivity contribution in [3.8, 4) is 0 Å². The molecule has 3 rings (SSSR count). The highest BCUT2D eigenvalue weighted by Crippen LogP contribution is 2.21. The van der Waals surface area contributed by atoms with Crippen molar-refractivity contribution in [2.24, 2.45) is 0 Å². The van der Waals surface area contributed by atoms with Crippen molar-refractivity contribution in [2.75, 3.05) is 5.32 Å². The number of rotatable bonds is 5. The van der Waals surface area contributed by atoms with Crippen LogP contribution in [0.15, 0.2) is 72.8 Å². The van der Waals surface area contributed by atoms with Gasteiger partial charge in [0.2, 0.25) is 0 Å². The lowest BCUT2D eigenvalue weighted by Gasteiger charge is -2.14. The summed E-state index contributed by atoms with van der Waals surface area (Å²) in [7, 11) is 0. The van der Waals surface area contributed by atoms with Gasteiger partial charge in [-0.3, -0.25) is 4.79 Å². The lowest BCUT2D eigenvalue weighted by molar-refractivity contribution is 0.102. The number of carbonyl (C=O) groups is 1. The molecule has 0 heterocycles. The van der Waals surface area contributed by atoms with Crippen molar-refractivity contribution in [3.63, 3.8) is 0 Å². The van der Waals surface area contributed by atoms with Gasteiger partial charge in [-0.05, 0) is 55.0 Å². The molecule has 126 valence electrons. The summed E-state index contributed by atoms with van der Waals surface area (Å²) in [5.41, 5.74) is 6.18. The molecule has 0 saturated carbocycles. The predicted octanol–water partition coefficient (Wildman–Crippen LogP) is 5.34. The van der Waals surface area contributed by atoms with Crippen molar-refractivity contribution >= 4 is 11.6 Å². The van der Waals surface area contributed by atoms with E-state index in [9.17, 15) is 4.79 Å². The molecule has 0 atom stereocenters. The van der Waals surface area contributed by atoms with Gasteiger partial charge >= 0.3 is 0 Å². The molecule has 2 heteroatoms. The first kappa shape index (κ1) is 17.0. The minimum absolute atomic E-state index is 0.0407. The molecule has 25 heavy (non-hydrogen) atoms. The number of amides is 1. The summed E-state index contributed by atoms with van der Waals surface area (Å²) >= 11 is 0. The van der Waals surface area contributed by atoms with Crippen LogP contribution in [0.5, 0.6) is 0 Å². The quantitative estimate of drug-likeness (QED) is 0.672. The van der Waals surface area contributed by atoms with Crippen molar-refractivity contribution in [1.82, 2.24) is 0 Å². The molecule has 0 aliphatic carbocycles. The van der Waals surface area contributed by atoms with Gasteiger partial charge in [-0.2, -0.15) is 0 Å². The van der Waals surface area contributed by atoms with Gasteiger partial charge in [0.1, 0.15) is 0 Å². The van der Waals surface area contributed by atoms with Crippen molar-refractivity contribution in [2.45, 2.75) is 26.7 Å². The molecule has 0 aromatic heterocycles. The fourth-order valence-electron chi connectivity index (χ4n) is 3.08. The monoisotopic (exact) mass is 329 g/mol. The third-order valence-corrected chi connectivity index (χ3v) is 4.51. The van der Waals surface area contributed by atoms with E-state index in [0.29, 0.717) is 0 Å². The summed E-state index contributed by atoms with van der Waals surface area (Å²) in [5, 5.41) is 3.09. The Hall–Kier alpha value is -2.87. The van der Waals surface area contributed by atoms with E-state index < -0.39 is 0 Å². The van der Waals surface area contributed by atoms with Crippen molar-refractivity contribution in [3.05, 3.63) is 101 Å². The second kappa shape index (κ2) is 7.80. The molecular formula is C23H23NO. The maximum Gasteiger partial charge on any atom is 0.255 e. The fraction of sp³-hybridized carbons (Fsp3) is 0.174. The second-order valence-electron chi connectivity index (χ2n) is 6.36. The van der Waals surface area contributed by atoms with Crippen LogP contribution in [0.1, 0.15) is 32.6 Å². The van der Waals surface area contributed by atoms with Crippen LogP contribution in [-0.2, 0) is 12.8 Å².